The molecule has 3 heterocycles. The van der Waals surface area contributed by atoms with Gasteiger partial charge in [0.15, 0.2) is 5.76 Å². The maximum Gasteiger partial charge on any atom is 0.167 e. The van der Waals surface area contributed by atoms with Crippen LogP contribution in [0.2, 0.25) is 0 Å². The Morgan fingerprint density at radius 3 is 2.76 bits per heavy atom. The molecule has 0 spiro atoms. The van der Waals surface area contributed by atoms with E-state index in [1.807, 2.05) is 0 Å². The van der Waals surface area contributed by atoms with E-state index in [4.69, 9.17) is 14.5 Å². The van der Waals surface area contributed by atoms with Crippen LogP contribution in [-0.4, -0.2) is 26.6 Å². The molecule has 3 aromatic rings. The zero-order valence-electron chi connectivity index (χ0n) is 17.1. The molecular weight excluding hydrogens is 360 g/mol. The van der Waals surface area contributed by atoms with Gasteiger partial charge >= 0.3 is 0 Å². The predicted octanol–water partition coefficient (Wildman–Crippen LogP) is 5.05. The van der Waals surface area contributed by atoms with Crippen molar-refractivity contribution in [2.45, 2.75) is 64.5 Å². The van der Waals surface area contributed by atoms with Crippen LogP contribution in [0.15, 0.2) is 41.1 Å². The summed E-state index contributed by atoms with van der Waals surface area (Å²) in [5.41, 5.74) is 5.80. The lowest BCUT2D eigenvalue weighted by molar-refractivity contribution is 0.234. The molecule has 0 saturated heterocycles. The second kappa shape index (κ2) is 8.07. The van der Waals surface area contributed by atoms with Crippen LogP contribution in [0.3, 0.4) is 0 Å². The highest BCUT2D eigenvalue weighted by Gasteiger charge is 2.23. The quantitative estimate of drug-likeness (QED) is 0.626. The monoisotopic (exact) mass is 388 g/mol. The molecule has 1 saturated carbocycles. The Morgan fingerprint density at radius 2 is 1.93 bits per heavy atom. The molecule has 5 rings (SSSR count). The Kier molecular flexibility index (Phi) is 5.15. The fraction of sp³-hybridized carbons (Fsp3) is 0.458. The molecule has 150 valence electrons. The normalized spacial score (nSPS) is 18.0. The minimum atomic E-state index is 0.572. The van der Waals surface area contributed by atoms with Gasteiger partial charge in [-0.1, -0.05) is 54.2 Å². The molecule has 29 heavy (non-hydrogen) atoms. The van der Waals surface area contributed by atoms with Crippen LogP contribution in [0.1, 0.15) is 66.4 Å². The first kappa shape index (κ1) is 18.5. The average Bonchev–Trinajstić information content (AvgIpc) is 3.23. The van der Waals surface area contributed by atoms with Gasteiger partial charge in [-0.15, -0.1) is 0 Å². The average molecular weight is 389 g/mol. The Labute approximate surface area is 172 Å². The molecule has 0 amide bonds. The van der Waals surface area contributed by atoms with Gasteiger partial charge in [0.1, 0.15) is 5.82 Å². The van der Waals surface area contributed by atoms with Gasteiger partial charge in [-0.25, -0.2) is 9.97 Å². The Bertz CT molecular complexity index is 973. The van der Waals surface area contributed by atoms with E-state index >= 15 is 0 Å². The summed E-state index contributed by atoms with van der Waals surface area (Å²) in [5.74, 6) is 2.48. The van der Waals surface area contributed by atoms with Crippen molar-refractivity contribution >= 4 is 0 Å². The molecule has 0 unspecified atom stereocenters. The number of benzene rings is 1. The maximum absolute atomic E-state index is 5.58. The topological polar surface area (TPSA) is 55.1 Å². The Hall–Kier alpha value is -2.53. The van der Waals surface area contributed by atoms with Crippen molar-refractivity contribution < 1.29 is 4.52 Å². The Morgan fingerprint density at radius 1 is 1.10 bits per heavy atom. The van der Waals surface area contributed by atoms with E-state index in [0.29, 0.717) is 5.92 Å². The minimum absolute atomic E-state index is 0.572. The van der Waals surface area contributed by atoms with Gasteiger partial charge in [0, 0.05) is 61.1 Å². The third kappa shape index (κ3) is 4.10. The summed E-state index contributed by atoms with van der Waals surface area (Å²) in [6.45, 7) is 4.76. The molecule has 0 atom stereocenters. The van der Waals surface area contributed by atoms with Crippen LogP contribution in [0, 0.1) is 6.92 Å². The van der Waals surface area contributed by atoms with Gasteiger partial charge in [-0.3, -0.25) is 4.90 Å². The van der Waals surface area contributed by atoms with Gasteiger partial charge < -0.3 is 4.52 Å². The van der Waals surface area contributed by atoms with Crippen molar-refractivity contribution in [3.05, 3.63) is 64.9 Å². The van der Waals surface area contributed by atoms with Crippen LogP contribution in [0.4, 0.5) is 0 Å². The molecule has 0 bridgehead atoms. The van der Waals surface area contributed by atoms with Gasteiger partial charge in [-0.05, 0) is 19.8 Å². The second-order valence-corrected chi connectivity index (χ2v) is 8.54. The number of fused-ring (bicyclic) bond motifs is 1. The lowest BCUT2D eigenvalue weighted by atomic mass is 9.88. The number of aromatic nitrogens is 3. The number of nitrogens with zero attached hydrogens (tertiary/aromatic N) is 4. The van der Waals surface area contributed by atoms with Crippen molar-refractivity contribution in [1.29, 1.82) is 0 Å². The molecule has 5 heteroatoms. The highest BCUT2D eigenvalue weighted by atomic mass is 16.5. The first-order chi connectivity index (χ1) is 14.2. The number of aryl methyl sites for hydroxylation is 1. The van der Waals surface area contributed by atoms with E-state index in [0.717, 1.165) is 48.9 Å². The zero-order valence-corrected chi connectivity index (χ0v) is 17.1. The largest absolute Gasteiger partial charge is 0.356 e. The van der Waals surface area contributed by atoms with Gasteiger partial charge in [0.05, 0.1) is 5.69 Å². The van der Waals surface area contributed by atoms with Crippen LogP contribution in [0.5, 0.6) is 0 Å². The molecule has 0 N–H and O–H groups in total. The number of rotatable bonds is 4. The standard InChI is InChI=1S/C24H28N4O/c1-17-7-9-18(10-8-17)23-13-21(27-29-23)16-28-12-11-22-20(15-28)14-25-24(26-22)19-5-3-2-4-6-19/h7-10,13-14,19H,2-6,11-12,15-16H2,1H3. The molecule has 1 aliphatic carbocycles. The van der Waals surface area contributed by atoms with Crippen molar-refractivity contribution in [3.63, 3.8) is 0 Å². The number of hydrogen-bond donors (Lipinski definition) is 0. The van der Waals surface area contributed by atoms with E-state index in [9.17, 15) is 0 Å². The first-order valence-corrected chi connectivity index (χ1v) is 10.8. The van der Waals surface area contributed by atoms with Crippen LogP contribution in [-0.2, 0) is 19.5 Å². The molecule has 1 aromatic carbocycles. The lowest BCUT2D eigenvalue weighted by Gasteiger charge is -2.28. The smallest absolute Gasteiger partial charge is 0.167 e. The zero-order chi connectivity index (χ0) is 19.6. The summed E-state index contributed by atoms with van der Waals surface area (Å²) >= 11 is 0. The van der Waals surface area contributed by atoms with Gasteiger partial charge in [-0.2, -0.15) is 0 Å². The van der Waals surface area contributed by atoms with E-state index in [1.54, 1.807) is 0 Å². The highest BCUT2D eigenvalue weighted by molar-refractivity contribution is 5.57. The molecule has 0 radical (unpaired) electrons. The molecular formula is C24H28N4O. The van der Waals surface area contributed by atoms with Crippen LogP contribution < -0.4 is 0 Å². The molecule has 2 aromatic heterocycles. The Balaban J connectivity index is 1.25. The summed E-state index contributed by atoms with van der Waals surface area (Å²) in [6.07, 6.45) is 9.56. The van der Waals surface area contributed by atoms with E-state index < -0.39 is 0 Å². The second-order valence-electron chi connectivity index (χ2n) is 8.54. The van der Waals surface area contributed by atoms with Crippen molar-refractivity contribution in [3.8, 4) is 11.3 Å². The highest BCUT2D eigenvalue weighted by Crippen LogP contribution is 2.31. The SMILES string of the molecule is Cc1ccc(-c2cc(CN3CCc4nc(C5CCCCC5)ncc4C3)no2)cc1. The molecule has 5 nitrogen and oxygen atoms in total. The first-order valence-electron chi connectivity index (χ1n) is 10.8. The fourth-order valence-corrected chi connectivity index (χ4v) is 4.55. The fourth-order valence-electron chi connectivity index (χ4n) is 4.55. The number of hydrogen-bond acceptors (Lipinski definition) is 5. The van der Waals surface area contributed by atoms with Gasteiger partial charge in [0.2, 0.25) is 0 Å². The molecule has 1 fully saturated rings. The molecule has 1 aliphatic heterocycles. The van der Waals surface area contributed by atoms with Crippen molar-refractivity contribution in [2.24, 2.45) is 0 Å². The predicted molar refractivity (Wildman–Crippen MR) is 112 cm³/mol. The summed E-state index contributed by atoms with van der Waals surface area (Å²) in [6, 6.07) is 10.4. The van der Waals surface area contributed by atoms with Gasteiger partial charge in [0.25, 0.3) is 0 Å². The summed E-state index contributed by atoms with van der Waals surface area (Å²) < 4.78 is 5.58. The minimum Gasteiger partial charge on any atom is -0.356 e. The summed E-state index contributed by atoms with van der Waals surface area (Å²) in [5, 5.41) is 4.29. The molecule has 2 aliphatic rings. The van der Waals surface area contributed by atoms with Crippen LogP contribution >= 0.6 is 0 Å². The summed E-state index contributed by atoms with van der Waals surface area (Å²) in [7, 11) is 0. The van der Waals surface area contributed by atoms with E-state index in [2.05, 4.69) is 53.5 Å². The third-order valence-electron chi connectivity index (χ3n) is 6.28. The lowest BCUT2D eigenvalue weighted by Crippen LogP contribution is -2.31. The van der Waals surface area contributed by atoms with Crippen LogP contribution in [0.25, 0.3) is 11.3 Å². The summed E-state index contributed by atoms with van der Waals surface area (Å²) in [4.78, 5) is 12.1. The van der Waals surface area contributed by atoms with E-state index in [-0.39, 0.29) is 0 Å². The van der Waals surface area contributed by atoms with Crippen molar-refractivity contribution in [2.75, 3.05) is 6.54 Å². The maximum atomic E-state index is 5.58. The van der Waals surface area contributed by atoms with Crippen molar-refractivity contribution in [1.82, 2.24) is 20.0 Å². The van der Waals surface area contributed by atoms with E-state index in [1.165, 1.54) is 48.9 Å². The third-order valence-corrected chi connectivity index (χ3v) is 6.28.